The second-order valence-electron chi connectivity index (χ2n) is 12.1. The molecular formula is C29H56O. The van der Waals surface area contributed by atoms with Crippen LogP contribution in [0, 0.1) is 47.3 Å². The third kappa shape index (κ3) is 8.48. The van der Waals surface area contributed by atoms with Gasteiger partial charge in [0.15, 0.2) is 0 Å². The molecule has 0 aromatic heterocycles. The normalized spacial score (nSPS) is 32.9. The third-order valence-corrected chi connectivity index (χ3v) is 9.49. The van der Waals surface area contributed by atoms with Gasteiger partial charge in [0.25, 0.3) is 0 Å². The van der Waals surface area contributed by atoms with E-state index in [9.17, 15) is 5.11 Å². The van der Waals surface area contributed by atoms with Gasteiger partial charge < -0.3 is 5.11 Å². The van der Waals surface area contributed by atoms with Crippen LogP contribution in [0.25, 0.3) is 0 Å². The van der Waals surface area contributed by atoms with Crippen molar-refractivity contribution in [2.24, 2.45) is 47.3 Å². The Kier molecular flexibility index (Phi) is 11.8. The molecule has 2 fully saturated rings. The van der Waals surface area contributed by atoms with Crippen molar-refractivity contribution < 1.29 is 5.11 Å². The Bertz CT molecular complexity index is 438. The van der Waals surface area contributed by atoms with E-state index in [0.29, 0.717) is 11.8 Å². The van der Waals surface area contributed by atoms with Gasteiger partial charge in [0.2, 0.25) is 0 Å². The fourth-order valence-electron chi connectivity index (χ4n) is 7.13. The molecule has 0 aromatic rings. The molecule has 2 aliphatic rings. The van der Waals surface area contributed by atoms with E-state index in [-0.39, 0.29) is 6.10 Å². The van der Waals surface area contributed by atoms with Crippen molar-refractivity contribution in [3.8, 4) is 0 Å². The smallest absolute Gasteiger partial charge is 0.0591 e. The highest BCUT2D eigenvalue weighted by molar-refractivity contribution is 4.80. The Morgan fingerprint density at radius 2 is 1.37 bits per heavy atom. The summed E-state index contributed by atoms with van der Waals surface area (Å²) in [7, 11) is 0. The van der Waals surface area contributed by atoms with Gasteiger partial charge in [0, 0.05) is 0 Å². The highest BCUT2D eigenvalue weighted by Crippen LogP contribution is 2.38. The second kappa shape index (κ2) is 13.5. The fraction of sp³-hybridized carbons (Fsp3) is 1.00. The van der Waals surface area contributed by atoms with E-state index in [1.54, 1.807) is 0 Å². The van der Waals surface area contributed by atoms with Gasteiger partial charge in [-0.2, -0.15) is 0 Å². The number of aliphatic hydroxyl groups excluding tert-OH is 1. The fourth-order valence-corrected chi connectivity index (χ4v) is 7.13. The maximum atomic E-state index is 11.0. The van der Waals surface area contributed by atoms with Crippen LogP contribution in [0.15, 0.2) is 0 Å². The Balaban J connectivity index is 1.71. The van der Waals surface area contributed by atoms with E-state index in [1.807, 2.05) is 0 Å². The first kappa shape index (κ1) is 26.2. The molecule has 0 bridgehead atoms. The van der Waals surface area contributed by atoms with Crippen molar-refractivity contribution in [3.05, 3.63) is 0 Å². The predicted molar refractivity (Wildman–Crippen MR) is 133 cm³/mol. The molecule has 0 saturated heterocycles. The van der Waals surface area contributed by atoms with Crippen LogP contribution in [0.1, 0.15) is 131 Å². The molecule has 0 radical (unpaired) electrons. The molecule has 0 aliphatic heterocycles. The van der Waals surface area contributed by atoms with Crippen molar-refractivity contribution in [2.45, 2.75) is 138 Å². The topological polar surface area (TPSA) is 20.2 Å². The molecule has 2 aliphatic carbocycles. The quantitative estimate of drug-likeness (QED) is 0.334. The molecule has 1 N–H and O–H groups in total. The summed E-state index contributed by atoms with van der Waals surface area (Å²) in [5.41, 5.74) is 0. The van der Waals surface area contributed by atoms with E-state index in [0.717, 1.165) is 35.5 Å². The van der Waals surface area contributed by atoms with Gasteiger partial charge in [0.05, 0.1) is 6.10 Å². The second-order valence-corrected chi connectivity index (χ2v) is 12.1. The van der Waals surface area contributed by atoms with E-state index in [2.05, 4.69) is 41.5 Å². The summed E-state index contributed by atoms with van der Waals surface area (Å²) >= 11 is 0. The average molecular weight is 421 g/mol. The van der Waals surface area contributed by atoms with Crippen molar-refractivity contribution >= 4 is 0 Å². The minimum Gasteiger partial charge on any atom is -0.393 e. The highest BCUT2D eigenvalue weighted by Gasteiger charge is 2.28. The average Bonchev–Trinajstić information content (AvgIpc) is 2.74. The largest absolute Gasteiger partial charge is 0.393 e. The summed E-state index contributed by atoms with van der Waals surface area (Å²) in [6.45, 7) is 14.3. The summed E-state index contributed by atoms with van der Waals surface area (Å²) < 4.78 is 0. The zero-order valence-corrected chi connectivity index (χ0v) is 21.5. The van der Waals surface area contributed by atoms with Crippen molar-refractivity contribution in [2.75, 3.05) is 0 Å². The summed E-state index contributed by atoms with van der Waals surface area (Å²) in [6.07, 6.45) is 19.3. The summed E-state index contributed by atoms with van der Waals surface area (Å²) in [6, 6.07) is 0. The van der Waals surface area contributed by atoms with Gasteiger partial charge in [-0.3, -0.25) is 0 Å². The summed E-state index contributed by atoms with van der Waals surface area (Å²) in [4.78, 5) is 0. The number of rotatable bonds is 12. The molecule has 0 heterocycles. The lowest BCUT2D eigenvalue weighted by molar-refractivity contribution is 0.0411. The third-order valence-electron chi connectivity index (χ3n) is 9.49. The molecule has 178 valence electrons. The van der Waals surface area contributed by atoms with Gasteiger partial charge in [-0.15, -0.1) is 0 Å². The zero-order valence-electron chi connectivity index (χ0n) is 21.5. The van der Waals surface area contributed by atoms with Crippen LogP contribution in [0.4, 0.5) is 0 Å². The molecular weight excluding hydrogens is 364 g/mol. The first-order valence-corrected chi connectivity index (χ1v) is 14.0. The van der Waals surface area contributed by atoms with E-state index >= 15 is 0 Å². The van der Waals surface area contributed by atoms with E-state index < -0.39 is 0 Å². The standard InChI is InChI=1S/C29H56O/c1-7-25-13-15-26(16-14-25)19-23(5)28(8-2)17-12-22(4)29(30)24(6)20-27-11-9-10-21(3)18-27/h21-30H,7-20H2,1-6H3/t21?,22?,23?,24?,25?,26?,27?,28-,29?/m0/s1. The van der Waals surface area contributed by atoms with Crippen LogP contribution >= 0.6 is 0 Å². The van der Waals surface area contributed by atoms with E-state index in [4.69, 9.17) is 0 Å². The first-order chi connectivity index (χ1) is 14.3. The molecule has 2 saturated carbocycles. The van der Waals surface area contributed by atoms with Gasteiger partial charge >= 0.3 is 0 Å². The van der Waals surface area contributed by atoms with Crippen molar-refractivity contribution in [3.63, 3.8) is 0 Å². The molecule has 0 spiro atoms. The van der Waals surface area contributed by atoms with Gasteiger partial charge in [-0.1, -0.05) is 99.3 Å². The van der Waals surface area contributed by atoms with Crippen LogP contribution < -0.4 is 0 Å². The number of aliphatic hydroxyl groups is 1. The maximum Gasteiger partial charge on any atom is 0.0591 e. The van der Waals surface area contributed by atoms with Crippen LogP contribution in [0.2, 0.25) is 0 Å². The lowest BCUT2D eigenvalue weighted by atomic mass is 9.73. The van der Waals surface area contributed by atoms with Crippen LogP contribution in [0.5, 0.6) is 0 Å². The number of hydrogen-bond donors (Lipinski definition) is 1. The molecule has 6 unspecified atom stereocenters. The molecule has 0 aromatic carbocycles. The molecule has 30 heavy (non-hydrogen) atoms. The highest BCUT2D eigenvalue weighted by atomic mass is 16.3. The maximum absolute atomic E-state index is 11.0. The number of hydrogen-bond acceptors (Lipinski definition) is 1. The van der Waals surface area contributed by atoms with Gasteiger partial charge in [-0.25, -0.2) is 0 Å². The van der Waals surface area contributed by atoms with Gasteiger partial charge in [-0.05, 0) is 79.4 Å². The van der Waals surface area contributed by atoms with Crippen molar-refractivity contribution in [1.82, 2.24) is 0 Å². The minimum absolute atomic E-state index is 0.112. The Hall–Kier alpha value is -0.0400. The molecule has 1 heteroatoms. The Labute approximate surface area is 190 Å². The Morgan fingerprint density at radius 1 is 0.733 bits per heavy atom. The van der Waals surface area contributed by atoms with Crippen molar-refractivity contribution in [1.29, 1.82) is 0 Å². The predicted octanol–water partition coefficient (Wildman–Crippen LogP) is 8.88. The van der Waals surface area contributed by atoms with Crippen LogP contribution in [-0.4, -0.2) is 11.2 Å². The summed E-state index contributed by atoms with van der Waals surface area (Å²) in [5.74, 6) is 6.36. The minimum atomic E-state index is -0.112. The molecule has 2 rings (SSSR count). The lowest BCUT2D eigenvalue weighted by Crippen LogP contribution is -2.29. The summed E-state index contributed by atoms with van der Waals surface area (Å²) in [5, 5.41) is 11.0. The van der Waals surface area contributed by atoms with Crippen LogP contribution in [0.3, 0.4) is 0 Å². The zero-order chi connectivity index (χ0) is 22.1. The van der Waals surface area contributed by atoms with E-state index in [1.165, 1.54) is 89.9 Å². The van der Waals surface area contributed by atoms with Crippen LogP contribution in [-0.2, 0) is 0 Å². The molecule has 0 amide bonds. The van der Waals surface area contributed by atoms with Gasteiger partial charge in [0.1, 0.15) is 0 Å². The Morgan fingerprint density at radius 3 is 1.97 bits per heavy atom. The first-order valence-electron chi connectivity index (χ1n) is 14.0. The lowest BCUT2D eigenvalue weighted by Gasteiger charge is -2.34. The molecule has 1 nitrogen and oxygen atoms in total. The monoisotopic (exact) mass is 420 g/mol. The molecule has 7 atom stereocenters. The SMILES string of the molecule is CCC1CCC(CC(C)[C@@H](CC)CCC(C)C(O)C(C)CC2CCCC(C)C2)CC1.